The molecule has 1 amide bonds. The van der Waals surface area contributed by atoms with Crippen molar-refractivity contribution in [2.24, 2.45) is 0 Å². The first-order valence-corrected chi connectivity index (χ1v) is 9.17. The van der Waals surface area contributed by atoms with Gasteiger partial charge in [0.25, 0.3) is 0 Å². The zero-order chi connectivity index (χ0) is 18.3. The highest BCUT2D eigenvalue weighted by atomic mass is 35.5. The molecule has 1 unspecified atom stereocenters. The standard InChI is InChI=1S/C22H24N2O2.ClH/c1-13-6-8-19-16(12-26-22(19)14(13)2)11-21(25)24-20-5-3-4-15-10-17(23)7-9-18(15)20;/h6-10,12,20H,3-5,11,23H2,1-2H3,(H,24,25);1H. The van der Waals surface area contributed by atoms with E-state index in [0.29, 0.717) is 6.42 Å². The van der Waals surface area contributed by atoms with Crippen LogP contribution in [0.3, 0.4) is 0 Å². The number of carbonyl (C=O) groups is 1. The van der Waals surface area contributed by atoms with Crippen molar-refractivity contribution in [1.29, 1.82) is 0 Å². The number of hydrogen-bond acceptors (Lipinski definition) is 3. The van der Waals surface area contributed by atoms with Crippen LogP contribution in [0.25, 0.3) is 11.0 Å². The normalized spacial score (nSPS) is 15.9. The van der Waals surface area contributed by atoms with Gasteiger partial charge in [0.05, 0.1) is 18.7 Å². The molecule has 3 N–H and O–H groups in total. The van der Waals surface area contributed by atoms with Gasteiger partial charge in [0.1, 0.15) is 5.58 Å². The van der Waals surface area contributed by atoms with Gasteiger partial charge < -0.3 is 15.5 Å². The topological polar surface area (TPSA) is 68.3 Å². The van der Waals surface area contributed by atoms with E-state index in [2.05, 4.69) is 25.2 Å². The van der Waals surface area contributed by atoms with Crippen molar-refractivity contribution < 1.29 is 9.21 Å². The van der Waals surface area contributed by atoms with Crippen molar-refractivity contribution in [1.82, 2.24) is 5.32 Å². The average molecular weight is 385 g/mol. The van der Waals surface area contributed by atoms with Crippen molar-refractivity contribution in [3.8, 4) is 0 Å². The number of fused-ring (bicyclic) bond motifs is 2. The summed E-state index contributed by atoms with van der Waals surface area (Å²) in [6.45, 7) is 4.12. The van der Waals surface area contributed by atoms with Crippen LogP contribution in [0.5, 0.6) is 0 Å². The Morgan fingerprint density at radius 2 is 2.07 bits per heavy atom. The van der Waals surface area contributed by atoms with Crippen LogP contribution in [0, 0.1) is 13.8 Å². The highest BCUT2D eigenvalue weighted by Gasteiger charge is 2.22. The number of anilines is 1. The van der Waals surface area contributed by atoms with Crippen LogP contribution in [-0.4, -0.2) is 5.91 Å². The second-order valence-corrected chi connectivity index (χ2v) is 7.29. The molecule has 5 heteroatoms. The van der Waals surface area contributed by atoms with Gasteiger partial charge in [-0.3, -0.25) is 4.79 Å². The summed E-state index contributed by atoms with van der Waals surface area (Å²) in [6, 6.07) is 10.2. The van der Waals surface area contributed by atoms with E-state index in [1.54, 1.807) is 6.26 Å². The third-order valence-electron chi connectivity index (χ3n) is 5.51. The summed E-state index contributed by atoms with van der Waals surface area (Å²) < 4.78 is 5.73. The second kappa shape index (κ2) is 7.65. The lowest BCUT2D eigenvalue weighted by Gasteiger charge is -2.26. The Hall–Kier alpha value is -2.46. The predicted molar refractivity (Wildman–Crippen MR) is 111 cm³/mol. The van der Waals surface area contributed by atoms with E-state index in [9.17, 15) is 4.79 Å². The monoisotopic (exact) mass is 384 g/mol. The van der Waals surface area contributed by atoms with E-state index in [1.807, 2.05) is 24.3 Å². The number of halogens is 1. The fraction of sp³-hybridized carbons (Fsp3) is 0.318. The number of aryl methyl sites for hydroxylation is 3. The second-order valence-electron chi connectivity index (χ2n) is 7.29. The van der Waals surface area contributed by atoms with E-state index >= 15 is 0 Å². The van der Waals surface area contributed by atoms with Crippen molar-refractivity contribution in [2.75, 3.05) is 5.73 Å². The molecule has 0 aliphatic heterocycles. The fourth-order valence-corrected chi connectivity index (χ4v) is 3.93. The zero-order valence-electron chi connectivity index (χ0n) is 15.7. The number of furan rings is 1. The highest BCUT2D eigenvalue weighted by Crippen LogP contribution is 2.31. The molecule has 1 aliphatic carbocycles. The summed E-state index contributed by atoms with van der Waals surface area (Å²) in [5.74, 6) is 0.0283. The molecule has 1 atom stereocenters. The van der Waals surface area contributed by atoms with Gasteiger partial charge in [-0.25, -0.2) is 0 Å². The highest BCUT2D eigenvalue weighted by molar-refractivity contribution is 5.89. The first kappa shape index (κ1) is 19.3. The smallest absolute Gasteiger partial charge is 0.225 e. The maximum absolute atomic E-state index is 12.7. The van der Waals surface area contributed by atoms with Crippen LogP contribution in [0.2, 0.25) is 0 Å². The molecule has 0 saturated heterocycles. The van der Waals surface area contributed by atoms with E-state index < -0.39 is 0 Å². The predicted octanol–water partition coefficient (Wildman–Crippen LogP) is 4.79. The molecule has 1 heterocycles. The minimum absolute atomic E-state index is 0. The van der Waals surface area contributed by atoms with Gasteiger partial charge in [-0.15, -0.1) is 12.4 Å². The van der Waals surface area contributed by atoms with Crippen LogP contribution in [0.1, 0.15) is 46.7 Å². The maximum Gasteiger partial charge on any atom is 0.225 e. The summed E-state index contributed by atoms with van der Waals surface area (Å²) in [5, 5.41) is 4.23. The van der Waals surface area contributed by atoms with Crippen LogP contribution < -0.4 is 11.1 Å². The molecule has 0 spiro atoms. The fourth-order valence-electron chi connectivity index (χ4n) is 3.93. The maximum atomic E-state index is 12.7. The van der Waals surface area contributed by atoms with Crippen molar-refractivity contribution in [3.05, 3.63) is 64.4 Å². The van der Waals surface area contributed by atoms with Gasteiger partial charge >= 0.3 is 0 Å². The Bertz CT molecular complexity index is 993. The Labute approximate surface area is 165 Å². The molecule has 1 aliphatic rings. The van der Waals surface area contributed by atoms with Crippen LogP contribution in [0.4, 0.5) is 5.69 Å². The van der Waals surface area contributed by atoms with Crippen molar-refractivity contribution >= 4 is 35.0 Å². The number of rotatable bonds is 3. The molecular formula is C22H25ClN2O2. The molecule has 1 aromatic heterocycles. The molecule has 3 aromatic rings. The Morgan fingerprint density at radius 3 is 2.89 bits per heavy atom. The van der Waals surface area contributed by atoms with Crippen molar-refractivity contribution in [2.45, 2.75) is 45.6 Å². The van der Waals surface area contributed by atoms with Gasteiger partial charge in [-0.1, -0.05) is 18.2 Å². The quantitative estimate of drug-likeness (QED) is 0.638. The Balaban J connectivity index is 0.00000210. The average Bonchev–Trinajstić information content (AvgIpc) is 3.01. The van der Waals surface area contributed by atoms with Gasteiger partial charge in [0.15, 0.2) is 0 Å². The Morgan fingerprint density at radius 1 is 1.26 bits per heavy atom. The number of hydrogen-bond donors (Lipinski definition) is 2. The SMILES string of the molecule is Cc1ccc2c(CC(=O)NC3CCCc4cc(N)ccc43)coc2c1C.Cl. The molecule has 0 bridgehead atoms. The summed E-state index contributed by atoms with van der Waals surface area (Å²) in [4.78, 5) is 12.7. The van der Waals surface area contributed by atoms with Crippen LogP contribution in [-0.2, 0) is 17.6 Å². The summed E-state index contributed by atoms with van der Waals surface area (Å²) in [5.41, 5.74) is 13.3. The molecule has 4 nitrogen and oxygen atoms in total. The lowest BCUT2D eigenvalue weighted by atomic mass is 9.87. The van der Waals surface area contributed by atoms with Gasteiger partial charge in [0.2, 0.25) is 5.91 Å². The number of nitrogen functional groups attached to an aromatic ring is 1. The molecular weight excluding hydrogens is 360 g/mol. The van der Waals surface area contributed by atoms with E-state index in [0.717, 1.165) is 47.0 Å². The van der Waals surface area contributed by atoms with Gasteiger partial charge in [0, 0.05) is 16.6 Å². The third kappa shape index (κ3) is 3.67. The van der Waals surface area contributed by atoms with Gasteiger partial charge in [-0.05, 0) is 67.5 Å². The first-order chi connectivity index (χ1) is 12.5. The first-order valence-electron chi connectivity index (χ1n) is 9.17. The van der Waals surface area contributed by atoms with Crippen molar-refractivity contribution in [3.63, 3.8) is 0 Å². The van der Waals surface area contributed by atoms with Crippen LogP contribution >= 0.6 is 12.4 Å². The Kier molecular flexibility index (Phi) is 5.47. The molecule has 0 radical (unpaired) electrons. The number of carbonyl (C=O) groups excluding carboxylic acids is 1. The van der Waals surface area contributed by atoms with Crippen LogP contribution in [0.15, 0.2) is 41.0 Å². The number of nitrogens with one attached hydrogen (secondary N) is 1. The molecule has 4 rings (SSSR count). The number of benzene rings is 2. The largest absolute Gasteiger partial charge is 0.464 e. The minimum atomic E-state index is 0. The number of amides is 1. The zero-order valence-corrected chi connectivity index (χ0v) is 16.5. The molecule has 0 fully saturated rings. The van der Waals surface area contributed by atoms with Gasteiger partial charge in [-0.2, -0.15) is 0 Å². The third-order valence-corrected chi connectivity index (χ3v) is 5.51. The lowest BCUT2D eigenvalue weighted by Crippen LogP contribution is -2.32. The summed E-state index contributed by atoms with van der Waals surface area (Å²) >= 11 is 0. The summed E-state index contributed by atoms with van der Waals surface area (Å²) in [6.07, 6.45) is 5.10. The molecule has 142 valence electrons. The lowest BCUT2D eigenvalue weighted by molar-refractivity contribution is -0.121. The summed E-state index contributed by atoms with van der Waals surface area (Å²) in [7, 11) is 0. The molecule has 0 saturated carbocycles. The van der Waals surface area contributed by atoms with E-state index in [4.69, 9.17) is 10.2 Å². The molecule has 27 heavy (non-hydrogen) atoms. The molecule has 2 aromatic carbocycles. The van der Waals surface area contributed by atoms with E-state index in [1.165, 1.54) is 16.7 Å². The number of nitrogens with two attached hydrogens (primary N) is 1. The minimum Gasteiger partial charge on any atom is -0.464 e. The van der Waals surface area contributed by atoms with E-state index in [-0.39, 0.29) is 24.4 Å².